The third kappa shape index (κ3) is 9.80. The molecule has 0 aromatic heterocycles. The number of unbranched alkanes of at least 4 members (excludes halogenated alkanes) is 6. The molecule has 0 aliphatic rings. The molecule has 0 heterocycles. The van der Waals surface area contributed by atoms with Crippen LogP contribution in [0.2, 0.25) is 0 Å². The summed E-state index contributed by atoms with van der Waals surface area (Å²) in [5, 5.41) is 9.92. The molecule has 0 amide bonds. The largest absolute Gasteiger partial charge is 4.00 e. The summed E-state index contributed by atoms with van der Waals surface area (Å²) in [6.45, 7) is 4.61. The summed E-state index contributed by atoms with van der Waals surface area (Å²) in [4.78, 5) is 0. The van der Waals surface area contributed by atoms with Crippen molar-refractivity contribution in [2.24, 2.45) is 0 Å². The molecule has 5 aromatic rings. The van der Waals surface area contributed by atoms with Crippen molar-refractivity contribution in [2.45, 2.75) is 65.2 Å². The topological polar surface area (TPSA) is 0 Å². The second kappa shape index (κ2) is 19.0. The normalized spacial score (nSPS) is 10.5. The second-order valence-corrected chi connectivity index (χ2v) is 12.3. The van der Waals surface area contributed by atoms with Gasteiger partial charge in [0.15, 0.2) is 0 Å². The van der Waals surface area contributed by atoms with Crippen LogP contribution in [0.15, 0.2) is 91.0 Å². The molecule has 0 radical (unpaired) electrons. The molecule has 4 heteroatoms. The average Bonchev–Trinajstić information content (AvgIpc) is 3.50. The molecular weight excluding hydrogens is 558 g/mol. The van der Waals surface area contributed by atoms with E-state index in [1.54, 1.807) is 5.30 Å². The van der Waals surface area contributed by atoms with Gasteiger partial charge in [0.05, 0.1) is 0 Å². The van der Waals surface area contributed by atoms with Crippen LogP contribution in [0.4, 0.5) is 0 Å². The van der Waals surface area contributed by atoms with E-state index in [2.05, 4.69) is 105 Å². The zero-order valence-corrected chi connectivity index (χ0v) is 26.9. The van der Waals surface area contributed by atoms with Gasteiger partial charge in [-0.3, -0.25) is 0 Å². The quantitative estimate of drug-likeness (QED) is 0.0906. The fraction of sp³-hybridized carbons (Fsp3) is 0.353. The standard InChI is InChI=1S/C21H32P.C13H9.2ClH.Ti/c1-3-5-7-11-15-22(16-12-8-6-4-2)21-17-19-13-9-10-14-20(19)18-21;1-3-7-12-10(5-1)9-11-6-2-4-8-13(11)12;;;/h9-10,13-14,17-18H,3-8,11-12,15-16H2,1-2H3;1-9H;2*1H;/q2*-1;;;+4/p-2. The van der Waals surface area contributed by atoms with Crippen LogP contribution >= 0.6 is 7.92 Å². The molecule has 5 rings (SSSR count). The second-order valence-electron chi connectivity index (χ2n) is 9.77. The maximum Gasteiger partial charge on any atom is 4.00 e. The molecule has 38 heavy (non-hydrogen) atoms. The predicted molar refractivity (Wildman–Crippen MR) is 161 cm³/mol. The number of hydrogen-bond donors (Lipinski definition) is 0. The molecule has 0 nitrogen and oxygen atoms in total. The van der Waals surface area contributed by atoms with E-state index in [-0.39, 0.29) is 54.5 Å². The Kier molecular flexibility index (Phi) is 17.5. The fourth-order valence-corrected chi connectivity index (χ4v) is 7.64. The maximum absolute atomic E-state index is 2.47. The van der Waals surface area contributed by atoms with Gasteiger partial charge in [-0.1, -0.05) is 103 Å². The number of halogens is 2. The van der Waals surface area contributed by atoms with Crippen LogP contribution in [-0.4, -0.2) is 12.3 Å². The summed E-state index contributed by atoms with van der Waals surface area (Å²) in [5.74, 6) is 0. The first kappa shape index (κ1) is 34.9. The Balaban J connectivity index is 0.000000387. The molecule has 0 spiro atoms. The van der Waals surface area contributed by atoms with Crippen LogP contribution in [0.1, 0.15) is 65.2 Å². The number of rotatable bonds is 11. The van der Waals surface area contributed by atoms with E-state index in [1.807, 2.05) is 0 Å². The molecule has 0 unspecified atom stereocenters. The first-order valence-corrected chi connectivity index (χ1v) is 15.4. The third-order valence-corrected chi connectivity index (χ3v) is 9.75. The van der Waals surface area contributed by atoms with Crippen molar-refractivity contribution in [1.29, 1.82) is 0 Å². The van der Waals surface area contributed by atoms with Gasteiger partial charge < -0.3 is 24.8 Å². The van der Waals surface area contributed by atoms with Crippen molar-refractivity contribution < 1.29 is 46.5 Å². The van der Waals surface area contributed by atoms with E-state index in [0.29, 0.717) is 0 Å². The minimum absolute atomic E-state index is 0. The van der Waals surface area contributed by atoms with Gasteiger partial charge in [0, 0.05) is 0 Å². The molecule has 0 atom stereocenters. The molecule has 0 aliphatic carbocycles. The van der Waals surface area contributed by atoms with E-state index in [4.69, 9.17) is 0 Å². The van der Waals surface area contributed by atoms with Crippen molar-refractivity contribution in [3.63, 3.8) is 0 Å². The van der Waals surface area contributed by atoms with Gasteiger partial charge in [0.1, 0.15) is 0 Å². The summed E-state index contributed by atoms with van der Waals surface area (Å²) >= 11 is 0. The van der Waals surface area contributed by atoms with Crippen LogP contribution in [0.5, 0.6) is 0 Å². The van der Waals surface area contributed by atoms with E-state index in [9.17, 15) is 0 Å². The first-order valence-electron chi connectivity index (χ1n) is 13.7. The Morgan fingerprint density at radius 1 is 0.553 bits per heavy atom. The molecule has 0 saturated heterocycles. The zero-order chi connectivity index (χ0) is 24.3. The summed E-state index contributed by atoms with van der Waals surface area (Å²) < 4.78 is 0. The van der Waals surface area contributed by atoms with E-state index in [1.165, 1.54) is 96.0 Å². The Hall–Kier alpha value is -1.14. The predicted octanol–water partition coefficient (Wildman–Crippen LogP) is 4.54. The Morgan fingerprint density at radius 3 is 1.53 bits per heavy atom. The summed E-state index contributed by atoms with van der Waals surface area (Å²) in [6.07, 6.45) is 14.1. The van der Waals surface area contributed by atoms with E-state index >= 15 is 0 Å². The fourth-order valence-electron chi connectivity index (χ4n) is 5.05. The van der Waals surface area contributed by atoms with Crippen LogP contribution in [0.25, 0.3) is 32.3 Å². The van der Waals surface area contributed by atoms with Crippen LogP contribution in [0.3, 0.4) is 0 Å². The molecule has 0 aliphatic heterocycles. The van der Waals surface area contributed by atoms with Gasteiger partial charge in [-0.2, -0.15) is 6.07 Å². The molecule has 0 N–H and O–H groups in total. The zero-order valence-electron chi connectivity index (χ0n) is 22.9. The van der Waals surface area contributed by atoms with Gasteiger partial charge in [-0.25, -0.2) is 0 Å². The average molecular weight is 599 g/mol. The van der Waals surface area contributed by atoms with Crippen molar-refractivity contribution in [3.8, 4) is 0 Å². The van der Waals surface area contributed by atoms with E-state index in [0.717, 1.165) is 0 Å². The van der Waals surface area contributed by atoms with E-state index < -0.39 is 0 Å². The van der Waals surface area contributed by atoms with Crippen molar-refractivity contribution in [1.82, 2.24) is 0 Å². The number of hydrogen-bond acceptors (Lipinski definition) is 0. The van der Waals surface area contributed by atoms with Crippen molar-refractivity contribution >= 4 is 45.5 Å². The monoisotopic (exact) mass is 598 g/mol. The third-order valence-electron chi connectivity index (χ3n) is 7.05. The molecule has 0 saturated carbocycles. The van der Waals surface area contributed by atoms with Crippen molar-refractivity contribution in [3.05, 3.63) is 91.0 Å². The Morgan fingerprint density at radius 2 is 1.03 bits per heavy atom. The summed E-state index contributed by atoms with van der Waals surface area (Å²) in [6, 6.07) is 33.1. The molecule has 0 fully saturated rings. The van der Waals surface area contributed by atoms with Gasteiger partial charge in [-0.15, -0.1) is 80.1 Å². The molecular formula is C34H41Cl2PTi. The van der Waals surface area contributed by atoms with Crippen LogP contribution in [0, 0.1) is 0 Å². The van der Waals surface area contributed by atoms with Crippen LogP contribution in [-0.2, 0) is 21.7 Å². The molecule has 5 aromatic carbocycles. The van der Waals surface area contributed by atoms with Gasteiger partial charge >= 0.3 is 21.7 Å². The minimum atomic E-state index is 0. The first-order chi connectivity index (χ1) is 17.3. The smallest absolute Gasteiger partial charge is 1.00 e. The van der Waals surface area contributed by atoms with Gasteiger partial charge in [0.25, 0.3) is 0 Å². The summed E-state index contributed by atoms with van der Waals surface area (Å²) in [5.41, 5.74) is 0. The SMILES string of the molecule is CCCCCCP(CCCCCC)c1cc2ccccc2[cH-]1.[Cl-].[Cl-].[Ti+4].c1ccc2c(c1)[cH-]c1ccccc12. The number of benzene rings is 3. The number of fused-ring (bicyclic) bond motifs is 4. The van der Waals surface area contributed by atoms with Crippen molar-refractivity contribution in [2.75, 3.05) is 12.3 Å². The summed E-state index contributed by atoms with van der Waals surface area (Å²) in [7, 11) is 0.0642. The maximum atomic E-state index is 2.47. The van der Waals surface area contributed by atoms with Crippen LogP contribution < -0.4 is 30.1 Å². The minimum Gasteiger partial charge on any atom is -1.00 e. The Bertz CT molecular complexity index is 1210. The molecule has 0 bridgehead atoms. The van der Waals surface area contributed by atoms with Gasteiger partial charge in [0.2, 0.25) is 0 Å². The Labute approximate surface area is 259 Å². The molecule has 200 valence electrons. The van der Waals surface area contributed by atoms with Gasteiger partial charge in [-0.05, 0) is 25.2 Å².